The first-order valence-corrected chi connectivity index (χ1v) is 11.4. The van der Waals surface area contributed by atoms with Gasteiger partial charge in [0.2, 0.25) is 5.95 Å². The Hall–Kier alpha value is -3.65. The van der Waals surface area contributed by atoms with Crippen LogP contribution in [0.25, 0.3) is 22.3 Å². The second-order valence-corrected chi connectivity index (χ2v) is 8.73. The number of imidazole rings is 1. The first-order valence-electron chi connectivity index (χ1n) is 11.4. The summed E-state index contributed by atoms with van der Waals surface area (Å²) < 4.78 is 3.25. The van der Waals surface area contributed by atoms with E-state index in [2.05, 4.69) is 34.6 Å². The number of H-pyrrole nitrogens is 1. The van der Waals surface area contributed by atoms with Crippen LogP contribution in [0.15, 0.2) is 64.2 Å². The highest BCUT2D eigenvalue weighted by molar-refractivity contribution is 5.75. The molecule has 2 aromatic heterocycles. The summed E-state index contributed by atoms with van der Waals surface area (Å²) in [7, 11) is 1.62. The van der Waals surface area contributed by atoms with E-state index in [0.29, 0.717) is 23.7 Å². The lowest BCUT2D eigenvalue weighted by Crippen LogP contribution is -2.43. The number of nitrogens with two attached hydrogens (primary N) is 1. The molecule has 0 spiro atoms. The molecular formula is C25H28N6O2. The van der Waals surface area contributed by atoms with Gasteiger partial charge in [-0.1, -0.05) is 67.4 Å². The Bertz CT molecular complexity index is 1400. The van der Waals surface area contributed by atoms with E-state index in [-0.39, 0.29) is 12.1 Å². The van der Waals surface area contributed by atoms with Gasteiger partial charge in [-0.05, 0) is 29.5 Å². The summed E-state index contributed by atoms with van der Waals surface area (Å²) in [5, 5.41) is 3.50. The molecule has 33 heavy (non-hydrogen) atoms. The maximum atomic E-state index is 12.9. The Labute approximate surface area is 191 Å². The Morgan fingerprint density at radius 3 is 2.58 bits per heavy atom. The minimum Gasteiger partial charge on any atom is -0.351 e. The van der Waals surface area contributed by atoms with Gasteiger partial charge in [0.1, 0.15) is 0 Å². The molecule has 8 nitrogen and oxygen atoms in total. The van der Waals surface area contributed by atoms with Crippen LogP contribution in [0.3, 0.4) is 0 Å². The lowest BCUT2D eigenvalue weighted by molar-refractivity contribution is 0.401. The van der Waals surface area contributed by atoms with Crippen LogP contribution in [-0.4, -0.2) is 31.2 Å². The molecule has 5 rings (SSSR count). The van der Waals surface area contributed by atoms with Crippen LogP contribution in [0.1, 0.15) is 31.2 Å². The van der Waals surface area contributed by atoms with E-state index in [1.54, 1.807) is 7.05 Å². The third-order valence-corrected chi connectivity index (χ3v) is 6.57. The molecule has 1 fully saturated rings. The molecule has 1 aliphatic carbocycles. The van der Waals surface area contributed by atoms with Gasteiger partial charge in [0.15, 0.2) is 11.2 Å². The first-order chi connectivity index (χ1) is 16.0. The van der Waals surface area contributed by atoms with Gasteiger partial charge in [-0.3, -0.25) is 18.9 Å². The van der Waals surface area contributed by atoms with Crippen molar-refractivity contribution in [3.8, 4) is 11.1 Å². The highest BCUT2D eigenvalue weighted by Gasteiger charge is 2.25. The van der Waals surface area contributed by atoms with Gasteiger partial charge in [-0.15, -0.1) is 0 Å². The summed E-state index contributed by atoms with van der Waals surface area (Å²) in [6, 6.07) is 18.4. The zero-order chi connectivity index (χ0) is 22.9. The molecule has 4 aromatic rings. The number of nitrogens with one attached hydrogen (secondary N) is 2. The maximum Gasteiger partial charge on any atom is 0.329 e. The van der Waals surface area contributed by atoms with Crippen LogP contribution in [-0.2, 0) is 13.6 Å². The number of aryl methyl sites for hydroxylation is 1. The molecule has 0 unspecified atom stereocenters. The zero-order valence-electron chi connectivity index (χ0n) is 18.6. The summed E-state index contributed by atoms with van der Waals surface area (Å²) in [5.41, 5.74) is 9.41. The third-order valence-electron chi connectivity index (χ3n) is 6.57. The van der Waals surface area contributed by atoms with Crippen LogP contribution in [0.5, 0.6) is 0 Å². The average Bonchev–Trinajstić information content (AvgIpc) is 3.18. The maximum absolute atomic E-state index is 12.9. The van der Waals surface area contributed by atoms with Crippen molar-refractivity contribution in [2.24, 2.45) is 12.8 Å². The predicted octanol–water partition coefficient (Wildman–Crippen LogP) is 2.82. The van der Waals surface area contributed by atoms with Crippen molar-refractivity contribution in [3.05, 3.63) is 81.0 Å². The first kappa shape index (κ1) is 21.2. The second-order valence-electron chi connectivity index (χ2n) is 8.73. The van der Waals surface area contributed by atoms with Crippen molar-refractivity contribution < 1.29 is 0 Å². The summed E-state index contributed by atoms with van der Waals surface area (Å²) in [5.74, 6) is 0.557. The van der Waals surface area contributed by atoms with Crippen LogP contribution >= 0.6 is 0 Å². The lowest BCUT2D eigenvalue weighted by Gasteiger charge is -2.29. The Kier molecular flexibility index (Phi) is 5.60. The molecule has 1 aliphatic rings. The van der Waals surface area contributed by atoms with E-state index in [4.69, 9.17) is 10.7 Å². The molecule has 2 heterocycles. The number of nitrogens with zero attached hydrogens (tertiary/aromatic N) is 3. The standard InChI is InChI=1S/C25H28N6O2/c1-30-22-21(23(32)29-25(30)33)31(24(28-22)27-20-14-8-7-13-19(20)26)15-17-11-5-6-12-18(17)16-9-3-2-4-10-16/h2-6,9-12,19-20H,7-8,13-15,26H2,1H3,(H,27,28)(H,29,32,33)/t19-,20+/m0/s1. The minimum absolute atomic E-state index is 0.0192. The Morgan fingerprint density at radius 2 is 1.79 bits per heavy atom. The van der Waals surface area contributed by atoms with Gasteiger partial charge in [-0.2, -0.15) is 4.98 Å². The fourth-order valence-corrected chi connectivity index (χ4v) is 4.73. The molecular weight excluding hydrogens is 416 g/mol. The highest BCUT2D eigenvalue weighted by Crippen LogP contribution is 2.28. The molecule has 0 saturated heterocycles. The number of hydrogen-bond acceptors (Lipinski definition) is 5. The average molecular weight is 445 g/mol. The van der Waals surface area contributed by atoms with Gasteiger partial charge in [0.25, 0.3) is 5.56 Å². The summed E-state index contributed by atoms with van der Waals surface area (Å²) in [6.07, 6.45) is 4.12. The van der Waals surface area contributed by atoms with E-state index in [1.807, 2.05) is 34.9 Å². The van der Waals surface area contributed by atoms with Gasteiger partial charge >= 0.3 is 5.69 Å². The van der Waals surface area contributed by atoms with Crippen LogP contribution < -0.4 is 22.3 Å². The molecule has 170 valence electrons. The summed E-state index contributed by atoms with van der Waals surface area (Å²) in [4.78, 5) is 32.3. The molecule has 2 atom stereocenters. The minimum atomic E-state index is -0.484. The Balaban J connectivity index is 1.65. The fourth-order valence-electron chi connectivity index (χ4n) is 4.73. The van der Waals surface area contributed by atoms with Crippen LogP contribution in [0, 0.1) is 0 Å². The van der Waals surface area contributed by atoms with Crippen molar-refractivity contribution in [2.75, 3.05) is 5.32 Å². The quantitative estimate of drug-likeness (QED) is 0.438. The van der Waals surface area contributed by atoms with Crippen LogP contribution in [0.4, 0.5) is 5.95 Å². The number of rotatable bonds is 5. The lowest BCUT2D eigenvalue weighted by atomic mass is 9.91. The molecule has 0 bridgehead atoms. The van der Waals surface area contributed by atoms with E-state index in [1.165, 1.54) is 4.57 Å². The third kappa shape index (κ3) is 3.98. The molecule has 8 heteroatoms. The second kappa shape index (κ2) is 8.71. The smallest absolute Gasteiger partial charge is 0.329 e. The topological polar surface area (TPSA) is 111 Å². The predicted molar refractivity (Wildman–Crippen MR) is 130 cm³/mol. The molecule has 4 N–H and O–H groups in total. The van der Waals surface area contributed by atoms with Gasteiger partial charge < -0.3 is 11.1 Å². The van der Waals surface area contributed by atoms with Crippen molar-refractivity contribution >= 4 is 17.1 Å². The van der Waals surface area contributed by atoms with E-state index < -0.39 is 11.2 Å². The largest absolute Gasteiger partial charge is 0.351 e. The molecule has 0 aliphatic heterocycles. The normalized spacial score (nSPS) is 18.5. The number of hydrogen-bond donors (Lipinski definition) is 3. The molecule has 1 saturated carbocycles. The molecule has 2 aromatic carbocycles. The summed E-state index contributed by atoms with van der Waals surface area (Å²) in [6.45, 7) is 0.424. The van der Waals surface area contributed by atoms with Crippen molar-refractivity contribution in [3.63, 3.8) is 0 Å². The Morgan fingerprint density at radius 1 is 1.06 bits per heavy atom. The number of aromatic amines is 1. The monoisotopic (exact) mass is 444 g/mol. The van der Waals surface area contributed by atoms with Gasteiger partial charge in [-0.25, -0.2) is 4.79 Å². The van der Waals surface area contributed by atoms with Gasteiger partial charge in [0.05, 0.1) is 6.54 Å². The molecule has 0 radical (unpaired) electrons. The van der Waals surface area contributed by atoms with E-state index in [9.17, 15) is 9.59 Å². The van der Waals surface area contributed by atoms with Crippen molar-refractivity contribution in [1.82, 2.24) is 19.1 Å². The van der Waals surface area contributed by atoms with Crippen LogP contribution in [0.2, 0.25) is 0 Å². The number of fused-ring (bicyclic) bond motifs is 1. The van der Waals surface area contributed by atoms with Crippen molar-refractivity contribution in [1.29, 1.82) is 0 Å². The SMILES string of the molecule is Cn1c(=O)[nH]c(=O)c2c1nc(N[C@@H]1CCCC[C@@H]1N)n2Cc1ccccc1-c1ccccc1. The van der Waals surface area contributed by atoms with E-state index >= 15 is 0 Å². The fraction of sp³-hybridized carbons (Fsp3) is 0.320. The molecule has 0 amide bonds. The highest BCUT2D eigenvalue weighted by atomic mass is 16.2. The van der Waals surface area contributed by atoms with Gasteiger partial charge in [0, 0.05) is 19.1 Å². The number of aromatic nitrogens is 4. The van der Waals surface area contributed by atoms with Crippen molar-refractivity contribution in [2.45, 2.75) is 44.3 Å². The summed E-state index contributed by atoms with van der Waals surface area (Å²) >= 11 is 0. The number of anilines is 1. The van der Waals surface area contributed by atoms with E-state index in [0.717, 1.165) is 42.4 Å². The number of benzene rings is 2. The zero-order valence-corrected chi connectivity index (χ0v) is 18.6.